The molecule has 15 heavy (non-hydrogen) atoms. The Labute approximate surface area is 92.0 Å². The highest BCUT2D eigenvalue weighted by molar-refractivity contribution is 7.82. The maximum Gasteiger partial charge on any atom is 0.337 e. The molecule has 0 radical (unpaired) electrons. The van der Waals surface area contributed by atoms with E-state index in [9.17, 15) is 9.00 Å². The van der Waals surface area contributed by atoms with E-state index in [1.165, 1.54) is 13.2 Å². The molecule has 4 nitrogen and oxygen atoms in total. The molecule has 0 aliphatic carbocycles. The Morgan fingerprint density at radius 2 is 2.00 bits per heavy atom. The number of benzene rings is 1. The van der Waals surface area contributed by atoms with Gasteiger partial charge >= 0.3 is 5.97 Å². The van der Waals surface area contributed by atoms with Crippen LogP contribution in [0.1, 0.15) is 24.2 Å². The number of carbonyl (C=O) groups is 1. The van der Waals surface area contributed by atoms with Gasteiger partial charge in [0.15, 0.2) is 0 Å². The molecule has 1 aromatic rings. The van der Waals surface area contributed by atoms with Crippen LogP contribution in [0.4, 0.5) is 0 Å². The van der Waals surface area contributed by atoms with Crippen molar-refractivity contribution in [2.45, 2.75) is 18.7 Å². The second kappa shape index (κ2) is 7.14. The highest BCUT2D eigenvalue weighted by atomic mass is 32.2. The number of hydrogen-bond acceptors (Lipinski definition) is 3. The summed E-state index contributed by atoms with van der Waals surface area (Å²) in [5, 5.41) is 5.14. The van der Waals surface area contributed by atoms with Crippen molar-refractivity contribution in [3.63, 3.8) is 0 Å². The molecule has 0 spiro atoms. The number of carbonyl (C=O) groups excluding carboxylic acids is 1. The van der Waals surface area contributed by atoms with Crippen LogP contribution in [0.25, 0.3) is 0 Å². The Kier molecular flexibility index (Phi) is 6.57. The van der Waals surface area contributed by atoms with Crippen LogP contribution >= 0.6 is 0 Å². The minimum absolute atomic E-state index is 0.346. The highest BCUT2D eigenvalue weighted by Gasteiger charge is 2.06. The number of hydrogen-bond donors (Lipinski definition) is 1. The van der Waals surface area contributed by atoms with E-state index in [4.69, 9.17) is 5.14 Å². The summed E-state index contributed by atoms with van der Waals surface area (Å²) in [4.78, 5) is 11.4. The van der Waals surface area contributed by atoms with Crippen LogP contribution < -0.4 is 5.14 Å². The van der Waals surface area contributed by atoms with Gasteiger partial charge in [-0.25, -0.2) is 14.1 Å². The first-order chi connectivity index (χ1) is 7.15. The summed E-state index contributed by atoms with van der Waals surface area (Å²) in [5.74, 6) is -0.465. The maximum atomic E-state index is 11.0. The smallest absolute Gasteiger partial charge is 0.337 e. The lowest BCUT2D eigenvalue weighted by Gasteiger charge is -2.00. The molecule has 0 aliphatic heterocycles. The molecule has 0 bridgehead atoms. The van der Waals surface area contributed by atoms with Crippen LogP contribution in [0.15, 0.2) is 29.2 Å². The van der Waals surface area contributed by atoms with Gasteiger partial charge in [-0.05, 0) is 18.2 Å². The van der Waals surface area contributed by atoms with Gasteiger partial charge in [0.2, 0.25) is 0 Å². The number of rotatable bonds is 2. The topological polar surface area (TPSA) is 69.4 Å². The van der Waals surface area contributed by atoms with Crippen molar-refractivity contribution in [1.29, 1.82) is 0 Å². The lowest BCUT2D eigenvalue weighted by atomic mass is 10.2. The number of methoxy groups -OCH3 is 1. The average molecular weight is 229 g/mol. The fraction of sp³-hybridized carbons (Fsp3) is 0.300. The summed E-state index contributed by atoms with van der Waals surface area (Å²) < 4.78 is 15.3. The van der Waals surface area contributed by atoms with E-state index in [1.807, 2.05) is 13.8 Å². The van der Waals surface area contributed by atoms with Gasteiger partial charge in [-0.1, -0.05) is 19.9 Å². The minimum Gasteiger partial charge on any atom is -0.465 e. The Morgan fingerprint density at radius 3 is 2.47 bits per heavy atom. The zero-order valence-corrected chi connectivity index (χ0v) is 9.84. The summed E-state index contributed by atoms with van der Waals surface area (Å²) in [6.07, 6.45) is 0. The average Bonchev–Trinajstić information content (AvgIpc) is 2.30. The molecule has 0 saturated heterocycles. The molecule has 2 N–H and O–H groups in total. The van der Waals surface area contributed by atoms with E-state index in [2.05, 4.69) is 4.74 Å². The Balaban J connectivity index is 0.000000921. The second-order valence-corrected chi connectivity index (χ2v) is 3.38. The summed E-state index contributed by atoms with van der Waals surface area (Å²) in [7, 11) is -0.279. The van der Waals surface area contributed by atoms with Crippen LogP contribution in [-0.4, -0.2) is 17.3 Å². The molecule has 0 aliphatic rings. The van der Waals surface area contributed by atoms with Crippen LogP contribution in [0.5, 0.6) is 0 Å². The van der Waals surface area contributed by atoms with Crippen molar-refractivity contribution in [1.82, 2.24) is 0 Å². The molecule has 0 amide bonds. The molecule has 1 unspecified atom stereocenters. The van der Waals surface area contributed by atoms with Gasteiger partial charge in [-0.2, -0.15) is 0 Å². The molecular weight excluding hydrogens is 214 g/mol. The van der Waals surface area contributed by atoms with E-state index in [0.717, 1.165) is 0 Å². The molecule has 0 saturated carbocycles. The number of nitrogens with two attached hydrogens (primary N) is 1. The van der Waals surface area contributed by atoms with Crippen molar-refractivity contribution in [3.05, 3.63) is 29.8 Å². The van der Waals surface area contributed by atoms with Gasteiger partial charge < -0.3 is 4.74 Å². The van der Waals surface area contributed by atoms with Crippen molar-refractivity contribution in [3.8, 4) is 0 Å². The van der Waals surface area contributed by atoms with Crippen LogP contribution in [0.3, 0.4) is 0 Å². The fourth-order valence-electron chi connectivity index (χ4n) is 0.866. The van der Waals surface area contributed by atoms with E-state index in [-0.39, 0.29) is 0 Å². The van der Waals surface area contributed by atoms with Gasteiger partial charge in [-0.15, -0.1) is 0 Å². The van der Waals surface area contributed by atoms with E-state index in [1.54, 1.807) is 18.2 Å². The Bertz CT molecular complexity index is 352. The predicted molar refractivity (Wildman–Crippen MR) is 59.7 cm³/mol. The third kappa shape index (κ3) is 4.22. The van der Waals surface area contributed by atoms with Gasteiger partial charge in [0, 0.05) is 0 Å². The molecule has 0 aromatic heterocycles. The molecular formula is C10H15NO3S. The van der Waals surface area contributed by atoms with Crippen molar-refractivity contribution >= 4 is 17.0 Å². The Morgan fingerprint density at radius 1 is 1.40 bits per heavy atom. The van der Waals surface area contributed by atoms with Gasteiger partial charge in [0.05, 0.1) is 17.6 Å². The molecule has 1 aromatic carbocycles. The van der Waals surface area contributed by atoms with Crippen LogP contribution in [0.2, 0.25) is 0 Å². The minimum atomic E-state index is -1.57. The largest absolute Gasteiger partial charge is 0.465 e. The number of ether oxygens (including phenoxy) is 1. The van der Waals surface area contributed by atoms with Gasteiger partial charge in [0.1, 0.15) is 11.0 Å². The first-order valence-corrected chi connectivity index (χ1v) is 5.71. The third-order valence-electron chi connectivity index (χ3n) is 1.49. The van der Waals surface area contributed by atoms with Gasteiger partial charge in [-0.3, -0.25) is 0 Å². The van der Waals surface area contributed by atoms with Crippen LogP contribution in [0, 0.1) is 0 Å². The summed E-state index contributed by atoms with van der Waals surface area (Å²) in [5.41, 5.74) is 0.346. The quantitative estimate of drug-likeness (QED) is 0.781. The Hall–Kier alpha value is -1.20. The van der Waals surface area contributed by atoms with Crippen molar-refractivity contribution in [2.24, 2.45) is 5.14 Å². The molecule has 84 valence electrons. The maximum absolute atomic E-state index is 11.0. The zero-order valence-electron chi connectivity index (χ0n) is 9.02. The van der Waals surface area contributed by atoms with E-state index in [0.29, 0.717) is 10.5 Å². The standard InChI is InChI=1S/C8H9NO3S.C2H6/c1-12-8(10)6-3-2-4-7(5-6)13(9)11;1-2/h2-5H,9H2,1H3;1-2H3. The molecule has 1 atom stereocenters. The lowest BCUT2D eigenvalue weighted by molar-refractivity contribution is 0.0600. The second-order valence-electron chi connectivity index (χ2n) is 2.32. The SMILES string of the molecule is CC.COC(=O)c1cccc(S(N)=O)c1. The molecule has 5 heteroatoms. The van der Waals surface area contributed by atoms with E-state index < -0.39 is 17.0 Å². The first-order valence-electron chi connectivity index (χ1n) is 4.49. The molecule has 0 heterocycles. The van der Waals surface area contributed by atoms with Crippen molar-refractivity contribution in [2.75, 3.05) is 7.11 Å². The molecule has 1 rings (SSSR count). The summed E-state index contributed by atoms with van der Waals surface area (Å²) in [6, 6.07) is 6.21. The van der Waals surface area contributed by atoms with Crippen LogP contribution in [-0.2, 0) is 15.7 Å². The predicted octanol–water partition coefficient (Wildman–Crippen LogP) is 1.48. The fourth-order valence-corrected chi connectivity index (χ4v) is 1.32. The summed E-state index contributed by atoms with van der Waals surface area (Å²) in [6.45, 7) is 4.00. The molecule has 0 fully saturated rings. The monoisotopic (exact) mass is 229 g/mol. The summed E-state index contributed by atoms with van der Waals surface area (Å²) >= 11 is 0. The number of esters is 1. The highest BCUT2D eigenvalue weighted by Crippen LogP contribution is 2.08. The third-order valence-corrected chi connectivity index (χ3v) is 2.21. The lowest BCUT2D eigenvalue weighted by Crippen LogP contribution is -2.06. The van der Waals surface area contributed by atoms with Gasteiger partial charge in [0.25, 0.3) is 0 Å². The van der Waals surface area contributed by atoms with E-state index >= 15 is 0 Å². The zero-order chi connectivity index (χ0) is 11.8. The first kappa shape index (κ1) is 13.8. The van der Waals surface area contributed by atoms with Crippen molar-refractivity contribution < 1.29 is 13.7 Å². The normalized spacial score (nSPS) is 10.9.